The van der Waals surface area contributed by atoms with Gasteiger partial charge in [0.05, 0.1) is 12.2 Å². The molecule has 1 atom stereocenters. The number of nitrogens with zero attached hydrogens (tertiary/aromatic N) is 5. The first-order valence-corrected chi connectivity index (χ1v) is 12.5. The van der Waals surface area contributed by atoms with Crippen molar-refractivity contribution in [3.05, 3.63) is 66.5 Å². The predicted molar refractivity (Wildman–Crippen MR) is 143 cm³/mol. The fraction of sp³-hybridized carbons (Fsp3) is 0.464. The van der Waals surface area contributed by atoms with Crippen LogP contribution in [0.3, 0.4) is 0 Å². The Morgan fingerprint density at radius 2 is 1.80 bits per heavy atom. The molecule has 7 heteroatoms. The molecule has 0 bridgehead atoms. The first-order valence-electron chi connectivity index (χ1n) is 12.5. The van der Waals surface area contributed by atoms with Crippen molar-refractivity contribution >= 4 is 23.7 Å². The van der Waals surface area contributed by atoms with E-state index in [0.29, 0.717) is 18.3 Å². The average Bonchev–Trinajstić information content (AvgIpc) is 2.91. The zero-order chi connectivity index (χ0) is 25.3. The molecule has 1 unspecified atom stereocenters. The number of amides is 1. The van der Waals surface area contributed by atoms with E-state index in [0.717, 1.165) is 56.7 Å². The van der Waals surface area contributed by atoms with Crippen molar-refractivity contribution in [2.45, 2.75) is 39.2 Å². The number of piperazine rings is 1. The first-order chi connectivity index (χ1) is 16.9. The number of ether oxygens (including phenoxy) is 1. The molecule has 0 N–H and O–H groups in total. The van der Waals surface area contributed by atoms with Gasteiger partial charge in [-0.15, -0.1) is 0 Å². The molecular weight excluding hydrogens is 438 g/mol. The third-order valence-corrected chi connectivity index (χ3v) is 6.52. The predicted octanol–water partition coefficient (Wildman–Crippen LogP) is 4.34. The van der Waals surface area contributed by atoms with Gasteiger partial charge in [-0.3, -0.25) is 9.69 Å². The van der Waals surface area contributed by atoms with E-state index in [1.165, 1.54) is 0 Å². The number of unbranched alkanes of at least 4 members (excludes halogenated alkanes) is 1. The summed E-state index contributed by atoms with van der Waals surface area (Å²) in [7, 11) is 1.91. The van der Waals surface area contributed by atoms with Crippen molar-refractivity contribution in [3.63, 3.8) is 0 Å². The second kappa shape index (κ2) is 12.5. The van der Waals surface area contributed by atoms with Crippen LogP contribution in [-0.4, -0.2) is 77.6 Å². The van der Waals surface area contributed by atoms with Crippen LogP contribution in [-0.2, 0) is 9.53 Å². The van der Waals surface area contributed by atoms with E-state index in [1.807, 2.05) is 44.0 Å². The highest BCUT2D eigenvalue weighted by Gasteiger charge is 2.40. The lowest BCUT2D eigenvalue weighted by molar-refractivity contribution is -0.139. The smallest absolute Gasteiger partial charge is 0.246 e. The number of hydrogen-bond donors (Lipinski definition) is 0. The third kappa shape index (κ3) is 6.69. The standard InChI is InChI=1S/C28H39N5O2/c1-6-8-16-31(5)26(34)28(4,15-14-24-12-10-9-11-13-24)33-19-17-32(18-20-33)27-29-21-25(22-30-27)23(3)35-7-2/h9-15,21-22H,3,6-8,16-20H2,1-2,4-5H3/b15-14+. The van der Waals surface area contributed by atoms with Gasteiger partial charge in [-0.05, 0) is 25.8 Å². The number of likely N-dealkylation sites (N-methyl/N-ethyl adjacent to an activating group) is 1. The Balaban J connectivity index is 1.74. The van der Waals surface area contributed by atoms with Crippen LogP contribution >= 0.6 is 0 Å². The zero-order valence-corrected chi connectivity index (χ0v) is 21.6. The summed E-state index contributed by atoms with van der Waals surface area (Å²) in [4.78, 5) is 29.0. The molecule has 1 aromatic carbocycles. The van der Waals surface area contributed by atoms with Crippen LogP contribution in [0.25, 0.3) is 11.8 Å². The second-order valence-electron chi connectivity index (χ2n) is 9.07. The van der Waals surface area contributed by atoms with Gasteiger partial charge in [0.15, 0.2) is 0 Å². The lowest BCUT2D eigenvalue weighted by Gasteiger charge is -2.44. The second-order valence-corrected chi connectivity index (χ2v) is 9.07. The maximum Gasteiger partial charge on any atom is 0.246 e. The normalized spacial score (nSPS) is 16.2. The molecule has 2 aromatic rings. The summed E-state index contributed by atoms with van der Waals surface area (Å²) in [5.74, 6) is 1.39. The highest BCUT2D eigenvalue weighted by Crippen LogP contribution is 2.25. The first kappa shape index (κ1) is 26.4. The van der Waals surface area contributed by atoms with Crippen LogP contribution in [0.15, 0.2) is 55.4 Å². The van der Waals surface area contributed by atoms with E-state index >= 15 is 0 Å². The number of aromatic nitrogens is 2. The summed E-state index contributed by atoms with van der Waals surface area (Å²) >= 11 is 0. The van der Waals surface area contributed by atoms with E-state index in [9.17, 15) is 4.79 Å². The fourth-order valence-electron chi connectivity index (χ4n) is 4.27. The van der Waals surface area contributed by atoms with Crippen LogP contribution in [0.4, 0.5) is 5.95 Å². The van der Waals surface area contributed by atoms with Crippen LogP contribution in [0.1, 0.15) is 44.7 Å². The number of anilines is 1. The van der Waals surface area contributed by atoms with Crippen molar-refractivity contribution in [2.75, 3.05) is 51.3 Å². The average molecular weight is 478 g/mol. The zero-order valence-electron chi connectivity index (χ0n) is 21.6. The van der Waals surface area contributed by atoms with Crippen molar-refractivity contribution in [1.82, 2.24) is 19.8 Å². The van der Waals surface area contributed by atoms with E-state index in [4.69, 9.17) is 4.74 Å². The highest BCUT2D eigenvalue weighted by atomic mass is 16.5. The summed E-state index contributed by atoms with van der Waals surface area (Å²) in [6.07, 6.45) is 9.69. The maximum absolute atomic E-state index is 13.7. The Morgan fingerprint density at radius 3 is 2.40 bits per heavy atom. The molecule has 0 spiro atoms. The topological polar surface area (TPSA) is 61.8 Å². The van der Waals surface area contributed by atoms with Gasteiger partial charge in [-0.25, -0.2) is 9.97 Å². The monoisotopic (exact) mass is 477 g/mol. The number of carbonyl (C=O) groups excluding carboxylic acids is 1. The molecule has 1 aromatic heterocycles. The Hall–Kier alpha value is -3.19. The minimum absolute atomic E-state index is 0.127. The fourth-order valence-corrected chi connectivity index (χ4v) is 4.27. The van der Waals surface area contributed by atoms with Gasteiger partial charge < -0.3 is 14.5 Å². The molecule has 0 radical (unpaired) electrons. The van der Waals surface area contributed by atoms with E-state index in [2.05, 4.69) is 57.6 Å². The number of carbonyl (C=O) groups is 1. The van der Waals surface area contributed by atoms with E-state index in [-0.39, 0.29) is 5.91 Å². The summed E-state index contributed by atoms with van der Waals surface area (Å²) in [6, 6.07) is 10.1. The van der Waals surface area contributed by atoms with Crippen molar-refractivity contribution in [1.29, 1.82) is 0 Å². The van der Waals surface area contributed by atoms with Crippen molar-refractivity contribution < 1.29 is 9.53 Å². The van der Waals surface area contributed by atoms with Crippen LogP contribution < -0.4 is 4.90 Å². The number of benzene rings is 1. The molecule has 1 aliphatic rings. The summed E-state index contributed by atoms with van der Waals surface area (Å²) in [5.41, 5.74) is 1.14. The van der Waals surface area contributed by atoms with Crippen LogP contribution in [0, 0.1) is 0 Å². The van der Waals surface area contributed by atoms with Gasteiger partial charge in [0.2, 0.25) is 11.9 Å². The van der Waals surface area contributed by atoms with E-state index < -0.39 is 5.54 Å². The quantitative estimate of drug-likeness (QED) is 0.449. The van der Waals surface area contributed by atoms with Crippen molar-refractivity contribution in [2.24, 2.45) is 0 Å². The van der Waals surface area contributed by atoms with Gasteiger partial charge in [0.1, 0.15) is 11.3 Å². The maximum atomic E-state index is 13.7. The third-order valence-electron chi connectivity index (χ3n) is 6.52. The molecule has 1 saturated heterocycles. The Bertz CT molecular complexity index is 984. The van der Waals surface area contributed by atoms with E-state index in [1.54, 1.807) is 12.4 Å². The van der Waals surface area contributed by atoms with Gasteiger partial charge in [0, 0.05) is 52.2 Å². The minimum atomic E-state index is -0.732. The Morgan fingerprint density at radius 1 is 1.14 bits per heavy atom. The molecule has 3 rings (SSSR count). The minimum Gasteiger partial charge on any atom is -0.494 e. The number of rotatable bonds is 11. The van der Waals surface area contributed by atoms with Crippen LogP contribution in [0.5, 0.6) is 0 Å². The van der Waals surface area contributed by atoms with Gasteiger partial charge in [-0.1, -0.05) is 62.4 Å². The largest absolute Gasteiger partial charge is 0.494 e. The molecule has 1 amide bonds. The molecule has 2 heterocycles. The molecule has 1 fully saturated rings. The molecule has 0 aliphatic carbocycles. The molecule has 1 aliphatic heterocycles. The van der Waals surface area contributed by atoms with Gasteiger partial charge >= 0.3 is 0 Å². The molecule has 7 nitrogen and oxygen atoms in total. The van der Waals surface area contributed by atoms with Crippen molar-refractivity contribution in [3.8, 4) is 0 Å². The highest BCUT2D eigenvalue weighted by molar-refractivity contribution is 5.89. The van der Waals surface area contributed by atoms with Gasteiger partial charge in [-0.2, -0.15) is 0 Å². The molecule has 0 saturated carbocycles. The lowest BCUT2D eigenvalue weighted by atomic mass is 9.94. The Kier molecular flexibility index (Phi) is 9.43. The van der Waals surface area contributed by atoms with Crippen LogP contribution in [0.2, 0.25) is 0 Å². The molecule has 188 valence electrons. The Labute approximate surface area is 210 Å². The SMILES string of the molecule is C=C(OCC)c1cnc(N2CCN(C(C)(/C=C/c3ccccc3)C(=O)N(C)CCCC)CC2)nc1. The van der Waals surface area contributed by atoms with Gasteiger partial charge in [0.25, 0.3) is 0 Å². The summed E-state index contributed by atoms with van der Waals surface area (Å²) < 4.78 is 5.45. The summed E-state index contributed by atoms with van der Waals surface area (Å²) in [6.45, 7) is 14.3. The molecule has 35 heavy (non-hydrogen) atoms. The number of hydrogen-bond acceptors (Lipinski definition) is 6. The summed E-state index contributed by atoms with van der Waals surface area (Å²) in [5, 5.41) is 0. The lowest BCUT2D eigenvalue weighted by Crippen LogP contribution is -2.61. The molecular formula is C28H39N5O2.